The lowest BCUT2D eigenvalue weighted by Crippen LogP contribution is -2.39. The summed E-state index contributed by atoms with van der Waals surface area (Å²) in [5.41, 5.74) is 3.47. The van der Waals surface area contributed by atoms with Gasteiger partial charge in [0, 0.05) is 0 Å². The van der Waals surface area contributed by atoms with E-state index in [4.69, 9.17) is 0 Å². The SMILES string of the molecule is Cc1ccc(C)c(C(C)NC(=O)CN2CSCC2=O)c1. The number of benzene rings is 1. The van der Waals surface area contributed by atoms with Gasteiger partial charge in [0.1, 0.15) is 6.54 Å². The second kappa shape index (κ2) is 6.31. The van der Waals surface area contributed by atoms with E-state index < -0.39 is 0 Å². The molecule has 1 N–H and O–H groups in total. The van der Waals surface area contributed by atoms with Crippen molar-refractivity contribution in [3.8, 4) is 0 Å². The van der Waals surface area contributed by atoms with Crippen molar-refractivity contribution < 1.29 is 9.59 Å². The summed E-state index contributed by atoms with van der Waals surface area (Å²) >= 11 is 1.55. The van der Waals surface area contributed by atoms with Crippen molar-refractivity contribution in [3.05, 3.63) is 34.9 Å². The van der Waals surface area contributed by atoms with Gasteiger partial charge in [-0.1, -0.05) is 23.8 Å². The third kappa shape index (κ3) is 3.54. The van der Waals surface area contributed by atoms with Crippen LogP contribution < -0.4 is 5.32 Å². The van der Waals surface area contributed by atoms with Crippen LogP contribution >= 0.6 is 11.8 Å². The molecule has 1 aliphatic rings. The van der Waals surface area contributed by atoms with Gasteiger partial charge < -0.3 is 10.2 Å². The Balaban J connectivity index is 1.96. The number of hydrogen-bond donors (Lipinski definition) is 1. The molecule has 2 rings (SSSR count). The lowest BCUT2D eigenvalue weighted by molar-refractivity contribution is -0.132. The molecule has 1 aromatic carbocycles. The Morgan fingerprint density at radius 3 is 2.85 bits per heavy atom. The second-order valence-electron chi connectivity index (χ2n) is 5.22. The van der Waals surface area contributed by atoms with Crippen LogP contribution in [0.3, 0.4) is 0 Å². The molecule has 0 aliphatic carbocycles. The molecule has 2 amide bonds. The number of nitrogens with one attached hydrogen (secondary N) is 1. The monoisotopic (exact) mass is 292 g/mol. The molecule has 1 aliphatic heterocycles. The van der Waals surface area contributed by atoms with Crippen LogP contribution in [0.5, 0.6) is 0 Å². The molecule has 1 heterocycles. The molecule has 0 saturated carbocycles. The van der Waals surface area contributed by atoms with Crippen molar-refractivity contribution in [2.24, 2.45) is 0 Å². The first-order valence-corrected chi connectivity index (χ1v) is 7.85. The molecule has 108 valence electrons. The van der Waals surface area contributed by atoms with Gasteiger partial charge in [0.05, 0.1) is 17.7 Å². The summed E-state index contributed by atoms with van der Waals surface area (Å²) in [4.78, 5) is 25.1. The second-order valence-corrected chi connectivity index (χ2v) is 6.17. The first-order chi connectivity index (χ1) is 9.47. The Bertz CT molecular complexity index is 531. The fourth-order valence-corrected chi connectivity index (χ4v) is 3.21. The highest BCUT2D eigenvalue weighted by Crippen LogP contribution is 2.19. The van der Waals surface area contributed by atoms with E-state index >= 15 is 0 Å². The lowest BCUT2D eigenvalue weighted by atomic mass is 10.00. The normalized spacial score (nSPS) is 16.4. The van der Waals surface area contributed by atoms with Gasteiger partial charge in [0.2, 0.25) is 11.8 Å². The molecular weight excluding hydrogens is 272 g/mol. The van der Waals surface area contributed by atoms with Crippen LogP contribution in [-0.2, 0) is 9.59 Å². The van der Waals surface area contributed by atoms with Crippen molar-refractivity contribution in [1.82, 2.24) is 10.2 Å². The zero-order chi connectivity index (χ0) is 14.7. The standard InChI is InChI=1S/C15H20N2O2S/c1-10-4-5-11(2)13(6-10)12(3)16-14(18)7-17-9-20-8-15(17)19/h4-6,12H,7-9H2,1-3H3,(H,16,18). The van der Waals surface area contributed by atoms with E-state index in [0.717, 1.165) is 11.1 Å². The van der Waals surface area contributed by atoms with Gasteiger partial charge >= 0.3 is 0 Å². The van der Waals surface area contributed by atoms with Gasteiger partial charge in [-0.3, -0.25) is 9.59 Å². The van der Waals surface area contributed by atoms with Crippen molar-refractivity contribution in [3.63, 3.8) is 0 Å². The van der Waals surface area contributed by atoms with E-state index in [0.29, 0.717) is 11.6 Å². The summed E-state index contributed by atoms with van der Waals surface area (Å²) in [7, 11) is 0. The van der Waals surface area contributed by atoms with E-state index in [9.17, 15) is 9.59 Å². The Morgan fingerprint density at radius 1 is 1.45 bits per heavy atom. The molecule has 0 bridgehead atoms. The van der Waals surface area contributed by atoms with Crippen LogP contribution in [0.4, 0.5) is 0 Å². The number of amides is 2. The molecule has 1 atom stereocenters. The maximum absolute atomic E-state index is 12.0. The Kier molecular flexibility index (Phi) is 4.70. The summed E-state index contributed by atoms with van der Waals surface area (Å²) in [6, 6.07) is 6.17. The zero-order valence-electron chi connectivity index (χ0n) is 12.1. The van der Waals surface area contributed by atoms with Crippen LogP contribution in [0.2, 0.25) is 0 Å². The zero-order valence-corrected chi connectivity index (χ0v) is 12.9. The van der Waals surface area contributed by atoms with Gasteiger partial charge in [-0.05, 0) is 31.9 Å². The number of hydrogen-bond acceptors (Lipinski definition) is 3. The molecule has 0 radical (unpaired) electrons. The van der Waals surface area contributed by atoms with Crippen LogP contribution in [0.25, 0.3) is 0 Å². The van der Waals surface area contributed by atoms with Crippen LogP contribution in [0, 0.1) is 13.8 Å². The molecular formula is C15H20N2O2S. The summed E-state index contributed by atoms with van der Waals surface area (Å²) in [6.07, 6.45) is 0. The van der Waals surface area contributed by atoms with Crippen LogP contribution in [-0.4, -0.2) is 34.9 Å². The molecule has 1 aromatic rings. The van der Waals surface area contributed by atoms with Crippen LogP contribution in [0.15, 0.2) is 18.2 Å². The topological polar surface area (TPSA) is 49.4 Å². The fraction of sp³-hybridized carbons (Fsp3) is 0.467. The van der Waals surface area contributed by atoms with Crippen molar-refractivity contribution >= 4 is 23.6 Å². The number of carbonyl (C=O) groups excluding carboxylic acids is 2. The van der Waals surface area contributed by atoms with E-state index in [1.807, 2.05) is 20.8 Å². The fourth-order valence-electron chi connectivity index (χ4n) is 2.30. The highest BCUT2D eigenvalue weighted by Gasteiger charge is 2.23. The summed E-state index contributed by atoms with van der Waals surface area (Å²) in [6.45, 7) is 6.21. The molecule has 0 spiro atoms. The van der Waals surface area contributed by atoms with Gasteiger partial charge in [-0.2, -0.15) is 0 Å². The quantitative estimate of drug-likeness (QED) is 0.923. The number of nitrogens with zero attached hydrogens (tertiary/aromatic N) is 1. The molecule has 1 fully saturated rings. The Labute approximate surface area is 123 Å². The first kappa shape index (κ1) is 14.9. The van der Waals surface area contributed by atoms with E-state index in [1.165, 1.54) is 5.56 Å². The predicted octanol–water partition coefficient (Wildman–Crippen LogP) is 2.01. The third-order valence-electron chi connectivity index (χ3n) is 3.44. The smallest absolute Gasteiger partial charge is 0.240 e. The minimum Gasteiger partial charge on any atom is -0.348 e. The summed E-state index contributed by atoms with van der Waals surface area (Å²) in [5.74, 6) is 1.04. The molecule has 20 heavy (non-hydrogen) atoms. The number of carbonyl (C=O) groups is 2. The third-order valence-corrected chi connectivity index (χ3v) is 4.38. The minimum absolute atomic E-state index is 0.0459. The maximum atomic E-state index is 12.0. The summed E-state index contributed by atoms with van der Waals surface area (Å²) < 4.78 is 0. The molecule has 4 nitrogen and oxygen atoms in total. The van der Waals surface area contributed by atoms with Gasteiger partial charge in [-0.15, -0.1) is 11.8 Å². The number of thioether (sulfide) groups is 1. The summed E-state index contributed by atoms with van der Waals surface area (Å²) in [5, 5.41) is 2.97. The number of rotatable bonds is 4. The van der Waals surface area contributed by atoms with E-state index in [-0.39, 0.29) is 24.4 Å². The minimum atomic E-state index is -0.103. The van der Waals surface area contributed by atoms with Crippen molar-refractivity contribution in [2.45, 2.75) is 26.8 Å². The van der Waals surface area contributed by atoms with E-state index in [1.54, 1.807) is 16.7 Å². The maximum Gasteiger partial charge on any atom is 0.240 e. The molecule has 1 unspecified atom stereocenters. The molecule has 0 aromatic heterocycles. The first-order valence-electron chi connectivity index (χ1n) is 6.69. The predicted molar refractivity (Wildman–Crippen MR) is 81.5 cm³/mol. The average molecular weight is 292 g/mol. The van der Waals surface area contributed by atoms with Crippen molar-refractivity contribution in [1.29, 1.82) is 0 Å². The lowest BCUT2D eigenvalue weighted by Gasteiger charge is -2.20. The van der Waals surface area contributed by atoms with Gasteiger partial charge in [-0.25, -0.2) is 0 Å². The Hall–Kier alpha value is -1.49. The van der Waals surface area contributed by atoms with Crippen molar-refractivity contribution in [2.75, 3.05) is 18.2 Å². The highest BCUT2D eigenvalue weighted by atomic mass is 32.2. The largest absolute Gasteiger partial charge is 0.348 e. The Morgan fingerprint density at radius 2 is 2.20 bits per heavy atom. The van der Waals surface area contributed by atoms with Gasteiger partial charge in [0.15, 0.2) is 0 Å². The van der Waals surface area contributed by atoms with Gasteiger partial charge in [0.25, 0.3) is 0 Å². The average Bonchev–Trinajstić information content (AvgIpc) is 2.77. The number of aryl methyl sites for hydroxylation is 2. The van der Waals surface area contributed by atoms with Crippen LogP contribution in [0.1, 0.15) is 29.7 Å². The molecule has 5 heteroatoms. The highest BCUT2D eigenvalue weighted by molar-refractivity contribution is 8.00. The van der Waals surface area contributed by atoms with E-state index in [2.05, 4.69) is 23.5 Å². The molecule has 1 saturated heterocycles.